The van der Waals surface area contributed by atoms with E-state index >= 15 is 0 Å². The van der Waals surface area contributed by atoms with E-state index in [0.717, 1.165) is 41.3 Å². The van der Waals surface area contributed by atoms with Crippen molar-refractivity contribution in [3.63, 3.8) is 0 Å². The number of esters is 1. The molecule has 0 saturated heterocycles. The molecule has 0 aliphatic rings. The molecule has 0 aromatic carbocycles. The topological polar surface area (TPSA) is 57.7 Å². The van der Waals surface area contributed by atoms with Crippen LogP contribution in [0.25, 0.3) is 6.08 Å². The fourth-order valence-electron chi connectivity index (χ4n) is 3.81. The maximum absolute atomic E-state index is 12.9. The molecule has 3 atom stereocenters. The largest absolute Gasteiger partial charge is 0.466 e. The fraction of sp³-hybridized carbons (Fsp3) is 0.750. The van der Waals surface area contributed by atoms with Crippen molar-refractivity contribution in [2.45, 2.75) is 131 Å². The van der Waals surface area contributed by atoms with Crippen molar-refractivity contribution < 1.29 is 18.4 Å². The van der Waals surface area contributed by atoms with Gasteiger partial charge in [0.05, 0.1) is 23.9 Å². The van der Waals surface area contributed by atoms with Gasteiger partial charge in [0.25, 0.3) is 0 Å². The van der Waals surface area contributed by atoms with Gasteiger partial charge in [0.15, 0.2) is 16.6 Å². The van der Waals surface area contributed by atoms with E-state index in [2.05, 4.69) is 111 Å². The molecule has 0 bridgehead atoms. The first kappa shape index (κ1) is 37.0. The summed E-state index contributed by atoms with van der Waals surface area (Å²) < 4.78 is 18.6. The number of ether oxygens (including phenoxy) is 1. The van der Waals surface area contributed by atoms with Gasteiger partial charge in [0.2, 0.25) is 0 Å². The molecule has 1 rings (SSSR count). The third-order valence-electron chi connectivity index (χ3n) is 8.89. The van der Waals surface area contributed by atoms with Gasteiger partial charge in [0, 0.05) is 17.6 Å². The summed E-state index contributed by atoms with van der Waals surface area (Å²) in [5.41, 5.74) is 2.82. The van der Waals surface area contributed by atoms with E-state index in [4.69, 9.17) is 13.6 Å². The molecule has 1 heterocycles. The van der Waals surface area contributed by atoms with E-state index in [1.165, 1.54) is 7.11 Å². The number of aryl methyl sites for hydroxylation is 1. The van der Waals surface area contributed by atoms with Gasteiger partial charge >= 0.3 is 5.97 Å². The van der Waals surface area contributed by atoms with Gasteiger partial charge in [-0.1, -0.05) is 61.5 Å². The Morgan fingerprint density at radius 2 is 1.60 bits per heavy atom. The first-order valence-electron chi connectivity index (χ1n) is 14.8. The lowest BCUT2D eigenvalue weighted by atomic mass is 9.91. The lowest BCUT2D eigenvalue weighted by Crippen LogP contribution is -2.44. The van der Waals surface area contributed by atoms with Crippen molar-refractivity contribution in [1.29, 1.82) is 0 Å². The second kappa shape index (κ2) is 14.9. The highest BCUT2D eigenvalue weighted by atomic mass is 32.1. The zero-order valence-electron chi connectivity index (χ0n) is 28.3. The maximum atomic E-state index is 12.9. The number of nitrogens with zero attached hydrogens (tertiary/aromatic N) is 1. The highest BCUT2D eigenvalue weighted by Crippen LogP contribution is 2.39. The number of carbonyl (C=O) groups is 1. The van der Waals surface area contributed by atoms with Crippen molar-refractivity contribution in [1.82, 2.24) is 4.98 Å². The Morgan fingerprint density at radius 1 is 1.02 bits per heavy atom. The molecular formula is C32H59NO4SSi2. The summed E-state index contributed by atoms with van der Waals surface area (Å²) in [7, 11) is -2.36. The van der Waals surface area contributed by atoms with E-state index in [1.807, 2.05) is 6.92 Å². The second-order valence-corrected chi connectivity index (χ2v) is 25.2. The van der Waals surface area contributed by atoms with Crippen LogP contribution in [0.3, 0.4) is 0 Å². The average molecular weight is 610 g/mol. The molecule has 0 saturated carbocycles. The molecule has 0 N–H and O–H groups in total. The van der Waals surface area contributed by atoms with Crippen LogP contribution in [0.2, 0.25) is 36.3 Å². The van der Waals surface area contributed by atoms with E-state index in [9.17, 15) is 4.79 Å². The highest BCUT2D eigenvalue weighted by Gasteiger charge is 2.39. The van der Waals surface area contributed by atoms with Crippen molar-refractivity contribution in [2.75, 3.05) is 13.7 Å². The normalized spacial score (nSPS) is 16.6. The first-order chi connectivity index (χ1) is 18.1. The predicted octanol–water partition coefficient (Wildman–Crippen LogP) is 9.81. The molecule has 1 unspecified atom stereocenters. The Bertz CT molecular complexity index is 1010. The van der Waals surface area contributed by atoms with Gasteiger partial charge in [-0.3, -0.25) is 0 Å². The number of thiazole rings is 1. The third kappa shape index (κ3) is 11.3. The number of methoxy groups -OCH3 is 1. The Morgan fingerprint density at radius 3 is 2.08 bits per heavy atom. The van der Waals surface area contributed by atoms with Crippen LogP contribution >= 0.6 is 11.3 Å². The monoisotopic (exact) mass is 609 g/mol. The van der Waals surface area contributed by atoms with Gasteiger partial charge < -0.3 is 13.6 Å². The zero-order valence-corrected chi connectivity index (χ0v) is 31.1. The van der Waals surface area contributed by atoms with Crippen LogP contribution in [0.5, 0.6) is 0 Å². The molecule has 0 aliphatic heterocycles. The minimum Gasteiger partial charge on any atom is -0.466 e. The average Bonchev–Trinajstić information content (AvgIpc) is 3.23. The summed E-state index contributed by atoms with van der Waals surface area (Å²) in [6.07, 6.45) is 6.58. The SMILES string of the molecule is COC(=O)/C(=C/C[C@H](O[Si](C)(C)C(C)(C)C)/C(C)=C/c1csc(C)n1)C(C)CC[C@H](C)CO[Si](C)(C)C(C)(C)C. The number of hydrogen-bond donors (Lipinski definition) is 0. The zero-order chi connectivity index (χ0) is 31.1. The highest BCUT2D eigenvalue weighted by molar-refractivity contribution is 7.09. The van der Waals surface area contributed by atoms with E-state index in [-0.39, 0.29) is 28.1 Å². The molecule has 40 heavy (non-hydrogen) atoms. The van der Waals surface area contributed by atoms with Crippen LogP contribution in [0.15, 0.2) is 22.6 Å². The third-order valence-corrected chi connectivity index (χ3v) is 18.7. The van der Waals surface area contributed by atoms with Crippen molar-refractivity contribution in [2.24, 2.45) is 11.8 Å². The summed E-state index contributed by atoms with van der Waals surface area (Å²) in [6.45, 7) is 32.0. The Kier molecular flexibility index (Phi) is 13.8. The van der Waals surface area contributed by atoms with Gasteiger partial charge in [0.1, 0.15) is 0 Å². The Labute approximate surface area is 252 Å². The van der Waals surface area contributed by atoms with E-state index in [0.29, 0.717) is 12.3 Å². The Hall–Kier alpha value is -1.07. The van der Waals surface area contributed by atoms with Gasteiger partial charge in [-0.2, -0.15) is 0 Å². The predicted molar refractivity (Wildman–Crippen MR) is 178 cm³/mol. The molecule has 1 aromatic rings. The minimum absolute atomic E-state index is 0.0769. The second-order valence-electron chi connectivity index (χ2n) is 14.6. The molecule has 8 heteroatoms. The molecule has 0 radical (unpaired) electrons. The molecule has 0 fully saturated rings. The molecule has 5 nitrogen and oxygen atoms in total. The summed E-state index contributed by atoms with van der Waals surface area (Å²) in [5, 5.41) is 3.41. The first-order valence-corrected chi connectivity index (χ1v) is 21.5. The lowest BCUT2D eigenvalue weighted by molar-refractivity contribution is -0.136. The number of carbonyl (C=O) groups excluding carboxylic acids is 1. The van der Waals surface area contributed by atoms with Gasteiger partial charge in [-0.25, -0.2) is 9.78 Å². The standard InChI is InChI=1S/C32H59NO4SSi2/c1-23(21-36-39(12,13)31(5,6)7)16-17-24(2)28(30(34)35-11)18-19-29(37-40(14,15)32(8,9)10)25(3)20-27-22-38-26(4)33-27/h18,20,22-24,29H,16-17,19,21H2,1-15H3/b25-20+,28-18+/t23-,24?,29-/m0/s1. The van der Waals surface area contributed by atoms with Crippen molar-refractivity contribution in [3.05, 3.63) is 33.3 Å². The van der Waals surface area contributed by atoms with Crippen LogP contribution < -0.4 is 0 Å². The minimum atomic E-state index is -2.06. The van der Waals surface area contributed by atoms with Crippen molar-refractivity contribution >= 4 is 40.0 Å². The van der Waals surface area contributed by atoms with Gasteiger partial charge in [-0.15, -0.1) is 11.3 Å². The van der Waals surface area contributed by atoms with Gasteiger partial charge in [-0.05, 0) is 92.9 Å². The molecule has 1 aromatic heterocycles. The summed E-state index contributed by atoms with van der Waals surface area (Å²) >= 11 is 1.65. The number of aromatic nitrogens is 1. The maximum Gasteiger partial charge on any atom is 0.333 e. The summed E-state index contributed by atoms with van der Waals surface area (Å²) in [4.78, 5) is 17.5. The van der Waals surface area contributed by atoms with E-state index in [1.54, 1.807) is 11.3 Å². The van der Waals surface area contributed by atoms with Crippen LogP contribution in [-0.4, -0.2) is 47.4 Å². The number of hydrogen-bond acceptors (Lipinski definition) is 6. The fourth-order valence-corrected chi connectivity index (χ4v) is 6.86. The van der Waals surface area contributed by atoms with Crippen LogP contribution in [0.1, 0.15) is 92.3 Å². The number of rotatable bonds is 14. The molecule has 0 aliphatic carbocycles. The quantitative estimate of drug-likeness (QED) is 0.119. The molecular weight excluding hydrogens is 551 g/mol. The Balaban J connectivity index is 3.12. The van der Waals surface area contributed by atoms with Crippen LogP contribution in [-0.2, 0) is 18.4 Å². The van der Waals surface area contributed by atoms with Crippen molar-refractivity contribution in [3.8, 4) is 0 Å². The lowest BCUT2D eigenvalue weighted by Gasteiger charge is -2.39. The molecule has 0 amide bonds. The van der Waals surface area contributed by atoms with E-state index < -0.39 is 16.6 Å². The smallest absolute Gasteiger partial charge is 0.333 e. The molecule has 0 spiro atoms. The summed E-state index contributed by atoms with van der Waals surface area (Å²) in [6, 6.07) is 0. The van der Waals surface area contributed by atoms with Crippen LogP contribution in [0.4, 0.5) is 0 Å². The summed E-state index contributed by atoms with van der Waals surface area (Å²) in [5.74, 6) is 0.263. The molecule has 230 valence electrons. The van der Waals surface area contributed by atoms with Crippen LogP contribution in [0, 0.1) is 18.8 Å².